The standard InChI is InChI=1S/C29H43N7O2/c1-19-18-31-27(32-21-6-8-22(9-7-21)36-12-10-35(11-13-36)14-15-37)33-25(19)34-29(4)23(26(38)30-5)16-20-17-24(29)28(20,2)3/h6-9,18,20,23-24,37H,10-17H2,1-5H3,(H,30,38)(H2,31,32,33,34)/t20-,23+,24+,29-/m0/s1. The number of hydrogen-bond donors (Lipinski definition) is 4. The smallest absolute Gasteiger partial charge is 0.229 e. The number of β-amino-alcohol motifs (C(OH)–C–C–N with tert-alkyl or cyclic N) is 1. The van der Waals surface area contributed by atoms with Gasteiger partial charge in [0.05, 0.1) is 18.1 Å². The van der Waals surface area contributed by atoms with Crippen LogP contribution in [0.3, 0.4) is 0 Å². The molecule has 206 valence electrons. The monoisotopic (exact) mass is 521 g/mol. The van der Waals surface area contributed by atoms with Crippen LogP contribution in [-0.4, -0.2) is 77.8 Å². The highest BCUT2D eigenvalue weighted by atomic mass is 16.3. The summed E-state index contributed by atoms with van der Waals surface area (Å²) in [7, 11) is 1.73. The SMILES string of the molecule is CNC(=O)[C@H]1C[C@H]2C[C@H](C2(C)C)[C@@]1(C)Nc1nc(Nc2ccc(N3CCN(CCO)CC3)cc2)ncc1C. The Hall–Kier alpha value is -2.91. The van der Waals surface area contributed by atoms with Gasteiger partial charge in [-0.2, -0.15) is 4.98 Å². The average Bonchev–Trinajstić information content (AvgIpc) is 2.91. The molecule has 1 aromatic heterocycles. The van der Waals surface area contributed by atoms with Crippen LogP contribution >= 0.6 is 0 Å². The van der Waals surface area contributed by atoms with Gasteiger partial charge in [0.2, 0.25) is 11.9 Å². The first kappa shape index (κ1) is 26.7. The van der Waals surface area contributed by atoms with Crippen LogP contribution in [0.4, 0.5) is 23.1 Å². The number of aryl methyl sites for hydroxylation is 1. The van der Waals surface area contributed by atoms with Crippen molar-refractivity contribution < 1.29 is 9.90 Å². The molecule has 4 atom stereocenters. The summed E-state index contributed by atoms with van der Waals surface area (Å²) in [5.74, 6) is 2.28. The zero-order chi connectivity index (χ0) is 27.1. The molecule has 6 rings (SSSR count). The third kappa shape index (κ3) is 4.82. The van der Waals surface area contributed by atoms with Gasteiger partial charge in [0, 0.05) is 62.9 Å². The van der Waals surface area contributed by atoms with E-state index < -0.39 is 5.54 Å². The van der Waals surface area contributed by atoms with Gasteiger partial charge in [-0.1, -0.05) is 13.8 Å². The fourth-order valence-corrected chi connectivity index (χ4v) is 7.07. The maximum Gasteiger partial charge on any atom is 0.229 e. The summed E-state index contributed by atoms with van der Waals surface area (Å²) in [6, 6.07) is 8.38. The number of benzene rings is 1. The van der Waals surface area contributed by atoms with E-state index in [0.717, 1.165) is 62.6 Å². The number of fused-ring (bicyclic) bond motifs is 2. The minimum Gasteiger partial charge on any atom is -0.395 e. The third-order valence-electron chi connectivity index (χ3n) is 9.64. The van der Waals surface area contributed by atoms with Gasteiger partial charge in [-0.3, -0.25) is 9.69 Å². The number of aliphatic hydroxyl groups is 1. The lowest BCUT2D eigenvalue weighted by Crippen LogP contribution is -2.69. The number of hydrogen-bond acceptors (Lipinski definition) is 8. The predicted octanol–water partition coefficient (Wildman–Crippen LogP) is 3.24. The fourth-order valence-electron chi connectivity index (χ4n) is 7.07. The lowest BCUT2D eigenvalue weighted by molar-refractivity contribution is -0.155. The van der Waals surface area contributed by atoms with E-state index >= 15 is 0 Å². The highest BCUT2D eigenvalue weighted by Gasteiger charge is 2.64. The summed E-state index contributed by atoms with van der Waals surface area (Å²) in [5.41, 5.74) is 2.89. The number of piperazine rings is 1. The van der Waals surface area contributed by atoms with Gasteiger partial charge < -0.3 is 26.0 Å². The van der Waals surface area contributed by atoms with Crippen LogP contribution in [0.15, 0.2) is 30.5 Å². The summed E-state index contributed by atoms with van der Waals surface area (Å²) in [4.78, 5) is 27.0. The van der Waals surface area contributed by atoms with Crippen molar-refractivity contribution in [3.63, 3.8) is 0 Å². The van der Waals surface area contributed by atoms with Gasteiger partial charge in [0.1, 0.15) is 5.82 Å². The van der Waals surface area contributed by atoms with Crippen molar-refractivity contribution in [2.45, 2.75) is 46.1 Å². The van der Waals surface area contributed by atoms with E-state index in [1.165, 1.54) is 5.69 Å². The zero-order valence-corrected chi connectivity index (χ0v) is 23.4. The van der Waals surface area contributed by atoms with E-state index in [0.29, 0.717) is 17.8 Å². The maximum atomic E-state index is 12.9. The number of aromatic nitrogens is 2. The van der Waals surface area contributed by atoms with Gasteiger partial charge in [-0.15, -0.1) is 0 Å². The molecule has 4 N–H and O–H groups in total. The van der Waals surface area contributed by atoms with Crippen LogP contribution in [0.5, 0.6) is 0 Å². The molecule has 1 aliphatic heterocycles. The van der Waals surface area contributed by atoms with E-state index in [-0.39, 0.29) is 23.8 Å². The van der Waals surface area contributed by atoms with Crippen molar-refractivity contribution >= 4 is 29.0 Å². The minimum atomic E-state index is -0.391. The first-order chi connectivity index (χ1) is 18.2. The maximum absolute atomic E-state index is 12.9. The van der Waals surface area contributed by atoms with Crippen molar-refractivity contribution in [3.8, 4) is 0 Å². The number of rotatable bonds is 8. The molecule has 1 saturated heterocycles. The van der Waals surface area contributed by atoms with E-state index in [2.05, 4.69) is 75.8 Å². The van der Waals surface area contributed by atoms with Crippen molar-refractivity contribution in [1.29, 1.82) is 0 Å². The molecule has 2 bridgehead atoms. The highest BCUT2D eigenvalue weighted by molar-refractivity contribution is 5.81. The first-order valence-corrected chi connectivity index (χ1v) is 13.9. The van der Waals surface area contributed by atoms with Crippen LogP contribution in [0, 0.1) is 30.1 Å². The molecular weight excluding hydrogens is 478 g/mol. The van der Waals surface area contributed by atoms with Crippen LogP contribution in [0.25, 0.3) is 0 Å². The molecule has 9 nitrogen and oxygen atoms in total. The number of carbonyl (C=O) groups excluding carboxylic acids is 1. The molecular formula is C29H43N7O2. The number of nitrogens with zero attached hydrogens (tertiary/aromatic N) is 4. The Morgan fingerprint density at radius 1 is 1.11 bits per heavy atom. The molecule has 9 heteroatoms. The molecule has 38 heavy (non-hydrogen) atoms. The van der Waals surface area contributed by atoms with Gasteiger partial charge in [-0.05, 0) is 68.2 Å². The van der Waals surface area contributed by atoms with E-state index in [9.17, 15) is 4.79 Å². The van der Waals surface area contributed by atoms with Crippen molar-refractivity contribution in [1.82, 2.24) is 20.2 Å². The zero-order valence-electron chi connectivity index (χ0n) is 23.4. The lowest BCUT2D eigenvalue weighted by Gasteiger charge is -2.66. The number of carbonyl (C=O) groups is 1. The normalized spacial score (nSPS) is 28.4. The topological polar surface area (TPSA) is 106 Å². The van der Waals surface area contributed by atoms with Crippen LogP contribution < -0.4 is 20.9 Å². The molecule has 2 heterocycles. The van der Waals surface area contributed by atoms with Crippen LogP contribution in [0.2, 0.25) is 0 Å². The molecule has 0 spiro atoms. The van der Waals surface area contributed by atoms with E-state index in [1.807, 2.05) is 13.1 Å². The Balaban J connectivity index is 1.29. The van der Waals surface area contributed by atoms with Crippen molar-refractivity contribution in [2.75, 3.05) is 61.9 Å². The molecule has 3 saturated carbocycles. The van der Waals surface area contributed by atoms with Gasteiger partial charge in [0.15, 0.2) is 0 Å². The van der Waals surface area contributed by atoms with Crippen LogP contribution in [0.1, 0.15) is 39.2 Å². The second kappa shape index (κ2) is 10.3. The number of aliphatic hydroxyl groups excluding tert-OH is 1. The summed E-state index contributed by atoms with van der Waals surface area (Å²) in [6.07, 6.45) is 3.88. The first-order valence-electron chi connectivity index (χ1n) is 13.9. The number of amides is 1. The number of anilines is 4. The summed E-state index contributed by atoms with van der Waals surface area (Å²) >= 11 is 0. The van der Waals surface area contributed by atoms with Gasteiger partial charge >= 0.3 is 0 Å². The van der Waals surface area contributed by atoms with E-state index in [4.69, 9.17) is 10.1 Å². The molecule has 3 aliphatic carbocycles. The molecule has 0 unspecified atom stereocenters. The Kier molecular flexibility index (Phi) is 7.26. The van der Waals surface area contributed by atoms with E-state index in [1.54, 1.807) is 7.05 Å². The average molecular weight is 522 g/mol. The molecule has 4 aliphatic rings. The minimum absolute atomic E-state index is 0.102. The second-order valence-electron chi connectivity index (χ2n) is 12.1. The van der Waals surface area contributed by atoms with Crippen LogP contribution in [-0.2, 0) is 4.79 Å². The number of nitrogens with one attached hydrogen (secondary N) is 3. The van der Waals surface area contributed by atoms with Gasteiger partial charge in [0.25, 0.3) is 0 Å². The highest BCUT2D eigenvalue weighted by Crippen LogP contribution is 2.65. The predicted molar refractivity (Wildman–Crippen MR) is 152 cm³/mol. The van der Waals surface area contributed by atoms with Crippen molar-refractivity contribution in [2.24, 2.45) is 23.2 Å². The lowest BCUT2D eigenvalue weighted by atomic mass is 9.40. The summed E-state index contributed by atoms with van der Waals surface area (Å²) in [6.45, 7) is 13.7. The molecule has 0 radical (unpaired) electrons. The Labute approximate surface area is 226 Å². The Morgan fingerprint density at radius 3 is 2.45 bits per heavy atom. The Morgan fingerprint density at radius 2 is 1.82 bits per heavy atom. The third-order valence-corrected chi connectivity index (χ3v) is 9.64. The largest absolute Gasteiger partial charge is 0.395 e. The Bertz CT molecular complexity index is 1150. The molecule has 4 fully saturated rings. The molecule has 1 aromatic carbocycles. The molecule has 1 amide bonds. The quantitative estimate of drug-likeness (QED) is 0.420. The van der Waals surface area contributed by atoms with Gasteiger partial charge in [-0.25, -0.2) is 4.98 Å². The summed E-state index contributed by atoms with van der Waals surface area (Å²) < 4.78 is 0. The fraction of sp³-hybridized carbons (Fsp3) is 0.621. The van der Waals surface area contributed by atoms with Crippen molar-refractivity contribution in [3.05, 3.63) is 36.0 Å². The molecule has 2 aromatic rings. The second-order valence-corrected chi connectivity index (χ2v) is 12.1. The summed E-state index contributed by atoms with van der Waals surface area (Å²) in [5, 5.41) is 19.2.